The van der Waals surface area contributed by atoms with Crippen LogP contribution in [0.2, 0.25) is 5.02 Å². The molecule has 0 saturated heterocycles. The van der Waals surface area contributed by atoms with Gasteiger partial charge in [-0.25, -0.2) is 0 Å². The molecule has 4 nitrogen and oxygen atoms in total. The summed E-state index contributed by atoms with van der Waals surface area (Å²) in [6.07, 6.45) is 3.63. The standard InChI is InChI=1S/C20H19ClN2O2/c1-2-3-12-25-19-10-4-15(5-11-19)13-16(14-22)20(24)23-18-8-6-17(21)7-9-18/h4-11,13H,2-3,12H2,1H3,(H,23,24)/b16-13+. The zero-order valence-corrected chi connectivity index (χ0v) is 14.7. The van der Waals surface area contributed by atoms with Crippen molar-refractivity contribution in [1.82, 2.24) is 0 Å². The fourth-order valence-electron chi connectivity index (χ4n) is 2.04. The number of benzene rings is 2. The first-order chi connectivity index (χ1) is 12.1. The summed E-state index contributed by atoms with van der Waals surface area (Å²) in [5, 5.41) is 12.5. The molecule has 1 N–H and O–H groups in total. The summed E-state index contributed by atoms with van der Waals surface area (Å²) in [6, 6.07) is 15.9. The van der Waals surface area contributed by atoms with Gasteiger partial charge in [0.05, 0.1) is 6.61 Å². The van der Waals surface area contributed by atoms with E-state index in [2.05, 4.69) is 12.2 Å². The molecule has 2 rings (SSSR count). The molecule has 1 amide bonds. The Morgan fingerprint density at radius 1 is 1.20 bits per heavy atom. The van der Waals surface area contributed by atoms with Crippen LogP contribution in [0.5, 0.6) is 5.75 Å². The molecule has 0 aliphatic heterocycles. The van der Waals surface area contributed by atoms with Crippen molar-refractivity contribution in [3.63, 3.8) is 0 Å². The van der Waals surface area contributed by atoms with E-state index in [4.69, 9.17) is 16.3 Å². The molecule has 5 heteroatoms. The second-order valence-corrected chi connectivity index (χ2v) is 5.84. The molecule has 0 saturated carbocycles. The van der Waals surface area contributed by atoms with Crippen LogP contribution in [0.4, 0.5) is 5.69 Å². The number of halogens is 1. The number of unbranched alkanes of at least 4 members (excludes halogenated alkanes) is 1. The lowest BCUT2D eigenvalue weighted by Gasteiger charge is -2.06. The Morgan fingerprint density at radius 3 is 2.48 bits per heavy atom. The number of nitriles is 1. The smallest absolute Gasteiger partial charge is 0.266 e. The van der Waals surface area contributed by atoms with Crippen molar-refractivity contribution in [2.75, 3.05) is 11.9 Å². The molecule has 0 heterocycles. The van der Waals surface area contributed by atoms with Crippen molar-refractivity contribution < 1.29 is 9.53 Å². The van der Waals surface area contributed by atoms with Crippen LogP contribution in [0.1, 0.15) is 25.3 Å². The number of anilines is 1. The van der Waals surface area contributed by atoms with Crippen molar-refractivity contribution in [3.05, 3.63) is 64.7 Å². The maximum Gasteiger partial charge on any atom is 0.266 e. The lowest BCUT2D eigenvalue weighted by atomic mass is 10.1. The summed E-state index contributed by atoms with van der Waals surface area (Å²) in [4.78, 5) is 12.2. The summed E-state index contributed by atoms with van der Waals surface area (Å²) in [6.45, 7) is 2.79. The van der Waals surface area contributed by atoms with Crippen LogP contribution < -0.4 is 10.1 Å². The van der Waals surface area contributed by atoms with Gasteiger partial charge >= 0.3 is 0 Å². The minimum absolute atomic E-state index is 0.0228. The summed E-state index contributed by atoms with van der Waals surface area (Å²) < 4.78 is 5.59. The number of rotatable bonds is 7. The van der Waals surface area contributed by atoms with Gasteiger partial charge < -0.3 is 10.1 Å². The molecule has 0 unspecified atom stereocenters. The lowest BCUT2D eigenvalue weighted by Crippen LogP contribution is -2.13. The molecule has 0 aliphatic carbocycles. The van der Waals surface area contributed by atoms with Gasteiger partial charge in [-0.3, -0.25) is 4.79 Å². The number of hydrogen-bond donors (Lipinski definition) is 1. The molecule has 2 aromatic rings. The minimum atomic E-state index is -0.465. The third-order valence-electron chi connectivity index (χ3n) is 3.42. The van der Waals surface area contributed by atoms with Crippen molar-refractivity contribution in [1.29, 1.82) is 5.26 Å². The fourth-order valence-corrected chi connectivity index (χ4v) is 2.17. The zero-order chi connectivity index (χ0) is 18.1. The van der Waals surface area contributed by atoms with E-state index in [-0.39, 0.29) is 5.57 Å². The van der Waals surface area contributed by atoms with Gasteiger partial charge in [0.2, 0.25) is 0 Å². The highest BCUT2D eigenvalue weighted by Crippen LogP contribution is 2.17. The monoisotopic (exact) mass is 354 g/mol. The van der Waals surface area contributed by atoms with E-state index in [1.165, 1.54) is 0 Å². The SMILES string of the molecule is CCCCOc1ccc(/C=C(\C#N)C(=O)Nc2ccc(Cl)cc2)cc1. The number of carbonyl (C=O) groups is 1. The van der Waals surface area contributed by atoms with Crippen LogP contribution in [-0.2, 0) is 4.79 Å². The average Bonchev–Trinajstić information content (AvgIpc) is 2.63. The Hall–Kier alpha value is -2.77. The third kappa shape index (κ3) is 5.98. The molecule has 0 radical (unpaired) electrons. The summed E-state index contributed by atoms with van der Waals surface area (Å²) in [7, 11) is 0. The van der Waals surface area contributed by atoms with Crippen molar-refractivity contribution >= 4 is 29.3 Å². The highest BCUT2D eigenvalue weighted by molar-refractivity contribution is 6.30. The van der Waals surface area contributed by atoms with Crippen LogP contribution in [0.3, 0.4) is 0 Å². The largest absolute Gasteiger partial charge is 0.494 e. The summed E-state index contributed by atoms with van der Waals surface area (Å²) in [5.74, 6) is 0.308. The Morgan fingerprint density at radius 2 is 1.88 bits per heavy atom. The molecule has 25 heavy (non-hydrogen) atoms. The number of amides is 1. The van der Waals surface area contributed by atoms with Gasteiger partial charge in [0.1, 0.15) is 17.4 Å². The average molecular weight is 355 g/mol. The maximum absolute atomic E-state index is 12.2. The Bertz CT molecular complexity index is 775. The van der Waals surface area contributed by atoms with Crippen LogP contribution in [0.15, 0.2) is 54.1 Å². The molecule has 0 aliphatic rings. The third-order valence-corrected chi connectivity index (χ3v) is 3.68. The number of hydrogen-bond acceptors (Lipinski definition) is 3. The predicted molar refractivity (Wildman–Crippen MR) is 101 cm³/mol. The van der Waals surface area contributed by atoms with E-state index in [0.29, 0.717) is 17.3 Å². The molecule has 0 fully saturated rings. The summed E-state index contributed by atoms with van der Waals surface area (Å²) in [5.41, 5.74) is 1.36. The second-order valence-electron chi connectivity index (χ2n) is 5.40. The second kappa shape index (κ2) is 9.51. The van der Waals surface area contributed by atoms with Gasteiger partial charge in [-0.2, -0.15) is 5.26 Å². The number of nitrogens with one attached hydrogen (secondary N) is 1. The van der Waals surface area contributed by atoms with Crippen LogP contribution in [0, 0.1) is 11.3 Å². The molecular formula is C20H19ClN2O2. The normalized spacial score (nSPS) is 10.8. The van der Waals surface area contributed by atoms with Gasteiger partial charge in [0, 0.05) is 10.7 Å². The van der Waals surface area contributed by atoms with Gasteiger partial charge in [-0.1, -0.05) is 37.1 Å². The molecule has 128 valence electrons. The van der Waals surface area contributed by atoms with E-state index in [9.17, 15) is 10.1 Å². The molecular weight excluding hydrogens is 336 g/mol. The first-order valence-electron chi connectivity index (χ1n) is 8.04. The van der Waals surface area contributed by atoms with Gasteiger partial charge in [0.25, 0.3) is 5.91 Å². The van der Waals surface area contributed by atoms with Crippen LogP contribution >= 0.6 is 11.6 Å². The molecule has 0 atom stereocenters. The van der Waals surface area contributed by atoms with Gasteiger partial charge in [0.15, 0.2) is 0 Å². The van der Waals surface area contributed by atoms with E-state index in [1.807, 2.05) is 30.3 Å². The van der Waals surface area contributed by atoms with Crippen LogP contribution in [0.25, 0.3) is 6.08 Å². The number of ether oxygens (including phenoxy) is 1. The van der Waals surface area contributed by atoms with Crippen molar-refractivity contribution in [2.24, 2.45) is 0 Å². The Kier molecular flexibility index (Phi) is 7.06. The Balaban J connectivity index is 2.04. The van der Waals surface area contributed by atoms with Gasteiger partial charge in [-0.05, 0) is 54.5 Å². The quantitative estimate of drug-likeness (QED) is 0.429. The number of nitrogens with zero attached hydrogens (tertiary/aromatic N) is 1. The molecule has 2 aromatic carbocycles. The fraction of sp³-hybridized carbons (Fsp3) is 0.200. The zero-order valence-electron chi connectivity index (χ0n) is 14.0. The number of carbonyl (C=O) groups excluding carboxylic acids is 1. The van der Waals surface area contributed by atoms with Crippen molar-refractivity contribution in [3.8, 4) is 11.8 Å². The Labute approximate surface area is 152 Å². The highest BCUT2D eigenvalue weighted by atomic mass is 35.5. The van der Waals surface area contributed by atoms with Crippen molar-refractivity contribution in [2.45, 2.75) is 19.8 Å². The first-order valence-corrected chi connectivity index (χ1v) is 8.41. The molecule has 0 aromatic heterocycles. The van der Waals surface area contributed by atoms with Gasteiger partial charge in [-0.15, -0.1) is 0 Å². The molecule has 0 bridgehead atoms. The molecule has 0 spiro atoms. The maximum atomic E-state index is 12.2. The topological polar surface area (TPSA) is 62.1 Å². The van der Waals surface area contributed by atoms with E-state index in [1.54, 1.807) is 30.3 Å². The highest BCUT2D eigenvalue weighted by Gasteiger charge is 2.09. The van der Waals surface area contributed by atoms with Crippen LogP contribution in [-0.4, -0.2) is 12.5 Å². The van der Waals surface area contributed by atoms with E-state index in [0.717, 1.165) is 24.2 Å². The lowest BCUT2D eigenvalue weighted by molar-refractivity contribution is -0.112. The predicted octanol–water partition coefficient (Wildman–Crippen LogP) is 5.06. The van der Waals surface area contributed by atoms with E-state index >= 15 is 0 Å². The summed E-state index contributed by atoms with van der Waals surface area (Å²) >= 11 is 5.81. The minimum Gasteiger partial charge on any atom is -0.494 e. The van der Waals surface area contributed by atoms with E-state index < -0.39 is 5.91 Å². The first kappa shape index (κ1) is 18.6.